The fraction of sp³-hybridized carbons (Fsp3) is 0.562. The Bertz CT molecular complexity index is 590. The van der Waals surface area contributed by atoms with Crippen molar-refractivity contribution in [1.29, 1.82) is 0 Å². The van der Waals surface area contributed by atoms with Gasteiger partial charge in [0.05, 0.1) is 17.6 Å². The molecular weight excluding hydrogens is 266 g/mol. The Morgan fingerprint density at radius 3 is 2.71 bits per heavy atom. The summed E-state index contributed by atoms with van der Waals surface area (Å²) in [7, 11) is 0. The second kappa shape index (κ2) is 6.91. The molecule has 1 unspecified atom stereocenters. The van der Waals surface area contributed by atoms with Gasteiger partial charge >= 0.3 is 0 Å². The van der Waals surface area contributed by atoms with Crippen LogP contribution >= 0.6 is 0 Å². The van der Waals surface area contributed by atoms with Crippen LogP contribution in [0.4, 0.5) is 5.69 Å². The van der Waals surface area contributed by atoms with E-state index in [1.807, 2.05) is 22.8 Å². The standard InChI is InChI=1S/C16H25N3O2/c1-11(2)6-8-21-9-7-19-15-5-4-13(17)10-14(15)18-16(19)12(3)20/h4-5,10-12,20H,6-9,17H2,1-3H3. The Morgan fingerprint density at radius 2 is 2.05 bits per heavy atom. The number of nitrogen functional groups attached to an aromatic ring is 1. The third kappa shape index (κ3) is 3.95. The second-order valence-corrected chi connectivity index (χ2v) is 5.84. The summed E-state index contributed by atoms with van der Waals surface area (Å²) in [4.78, 5) is 4.48. The molecule has 0 amide bonds. The largest absolute Gasteiger partial charge is 0.399 e. The van der Waals surface area contributed by atoms with E-state index in [1.54, 1.807) is 6.92 Å². The maximum Gasteiger partial charge on any atom is 0.138 e. The summed E-state index contributed by atoms with van der Waals surface area (Å²) in [6.45, 7) is 8.15. The van der Waals surface area contributed by atoms with Crippen molar-refractivity contribution in [2.75, 3.05) is 18.9 Å². The van der Waals surface area contributed by atoms with Crippen LogP contribution in [-0.4, -0.2) is 27.9 Å². The van der Waals surface area contributed by atoms with E-state index in [-0.39, 0.29) is 0 Å². The molecular formula is C16H25N3O2. The molecule has 1 aromatic heterocycles. The minimum absolute atomic E-state index is 0.613. The highest BCUT2D eigenvalue weighted by Gasteiger charge is 2.14. The van der Waals surface area contributed by atoms with Gasteiger partial charge in [-0.05, 0) is 37.5 Å². The van der Waals surface area contributed by atoms with Crippen molar-refractivity contribution >= 4 is 16.7 Å². The van der Waals surface area contributed by atoms with Crippen LogP contribution in [-0.2, 0) is 11.3 Å². The van der Waals surface area contributed by atoms with E-state index in [1.165, 1.54) is 0 Å². The lowest BCUT2D eigenvalue weighted by Crippen LogP contribution is -2.12. The van der Waals surface area contributed by atoms with Crippen LogP contribution in [0, 0.1) is 5.92 Å². The number of nitrogens with two attached hydrogens (primary N) is 1. The molecule has 2 aromatic rings. The zero-order valence-corrected chi connectivity index (χ0v) is 13.0. The van der Waals surface area contributed by atoms with Crippen LogP contribution in [0.3, 0.4) is 0 Å². The van der Waals surface area contributed by atoms with Crippen LogP contribution in [0.2, 0.25) is 0 Å². The third-order valence-corrected chi connectivity index (χ3v) is 3.47. The summed E-state index contributed by atoms with van der Waals surface area (Å²) in [5.41, 5.74) is 8.26. The van der Waals surface area contributed by atoms with Gasteiger partial charge in [-0.2, -0.15) is 0 Å². The molecule has 3 N–H and O–H groups in total. The molecule has 5 heteroatoms. The first-order valence-electron chi connectivity index (χ1n) is 7.50. The van der Waals surface area contributed by atoms with Gasteiger partial charge in [-0.3, -0.25) is 0 Å². The number of ether oxygens (including phenoxy) is 1. The maximum absolute atomic E-state index is 9.89. The SMILES string of the molecule is CC(C)CCOCCn1c(C(C)O)nc2cc(N)ccc21. The molecule has 116 valence electrons. The molecule has 0 bridgehead atoms. The lowest BCUT2D eigenvalue weighted by Gasteiger charge is -2.12. The van der Waals surface area contributed by atoms with Crippen LogP contribution < -0.4 is 5.73 Å². The fourth-order valence-electron chi connectivity index (χ4n) is 2.30. The summed E-state index contributed by atoms with van der Waals surface area (Å²) >= 11 is 0. The molecule has 2 rings (SSSR count). The first-order chi connectivity index (χ1) is 9.99. The average Bonchev–Trinajstić information content (AvgIpc) is 2.76. The number of nitrogens with zero attached hydrogens (tertiary/aromatic N) is 2. The van der Waals surface area contributed by atoms with Crippen LogP contribution in [0.15, 0.2) is 18.2 Å². The van der Waals surface area contributed by atoms with Crippen molar-refractivity contribution < 1.29 is 9.84 Å². The van der Waals surface area contributed by atoms with Gasteiger partial charge < -0.3 is 20.1 Å². The minimum Gasteiger partial charge on any atom is -0.399 e. The lowest BCUT2D eigenvalue weighted by atomic mass is 10.1. The number of benzene rings is 1. The van der Waals surface area contributed by atoms with Gasteiger partial charge in [0.1, 0.15) is 11.9 Å². The van der Waals surface area contributed by atoms with E-state index < -0.39 is 6.10 Å². The van der Waals surface area contributed by atoms with Crippen LogP contribution in [0.5, 0.6) is 0 Å². The number of anilines is 1. The Hall–Kier alpha value is -1.59. The number of fused-ring (bicyclic) bond motifs is 1. The second-order valence-electron chi connectivity index (χ2n) is 5.84. The molecule has 0 fully saturated rings. The molecule has 0 spiro atoms. The summed E-state index contributed by atoms with van der Waals surface area (Å²) < 4.78 is 7.68. The van der Waals surface area contributed by atoms with Gasteiger partial charge in [-0.1, -0.05) is 13.8 Å². The fourth-order valence-corrected chi connectivity index (χ4v) is 2.30. The van der Waals surface area contributed by atoms with E-state index in [0.29, 0.717) is 30.6 Å². The summed E-state index contributed by atoms with van der Waals surface area (Å²) in [6, 6.07) is 5.63. The molecule has 1 atom stereocenters. The topological polar surface area (TPSA) is 73.3 Å². The number of aliphatic hydroxyl groups is 1. The smallest absolute Gasteiger partial charge is 0.138 e. The van der Waals surface area contributed by atoms with E-state index in [2.05, 4.69) is 18.8 Å². The lowest BCUT2D eigenvalue weighted by molar-refractivity contribution is 0.113. The van der Waals surface area contributed by atoms with Gasteiger partial charge in [-0.15, -0.1) is 0 Å². The third-order valence-electron chi connectivity index (χ3n) is 3.47. The predicted octanol–water partition coefficient (Wildman–Crippen LogP) is 2.73. The Kier molecular flexibility index (Phi) is 5.20. The Balaban J connectivity index is 2.11. The normalized spacial score (nSPS) is 13.2. The highest BCUT2D eigenvalue weighted by Crippen LogP contribution is 2.22. The summed E-state index contributed by atoms with van der Waals surface area (Å²) in [5.74, 6) is 1.30. The van der Waals surface area contributed by atoms with Crippen LogP contribution in [0.25, 0.3) is 11.0 Å². The number of rotatable bonds is 7. The van der Waals surface area contributed by atoms with Gasteiger partial charge in [0.25, 0.3) is 0 Å². The van der Waals surface area contributed by atoms with Crippen molar-refractivity contribution in [3.63, 3.8) is 0 Å². The van der Waals surface area contributed by atoms with Crippen molar-refractivity contribution in [2.45, 2.75) is 39.8 Å². The van der Waals surface area contributed by atoms with Crippen molar-refractivity contribution in [2.24, 2.45) is 5.92 Å². The quantitative estimate of drug-likeness (QED) is 0.607. The van der Waals surface area contributed by atoms with Gasteiger partial charge in [0.2, 0.25) is 0 Å². The summed E-state index contributed by atoms with van der Waals surface area (Å²) in [6.07, 6.45) is 0.444. The van der Waals surface area contributed by atoms with Crippen molar-refractivity contribution in [3.8, 4) is 0 Å². The van der Waals surface area contributed by atoms with Crippen LogP contribution in [0.1, 0.15) is 39.1 Å². The number of aliphatic hydroxyl groups excluding tert-OH is 1. The molecule has 5 nitrogen and oxygen atoms in total. The molecule has 0 aliphatic heterocycles. The molecule has 0 radical (unpaired) electrons. The molecule has 1 aromatic carbocycles. The number of hydrogen-bond acceptors (Lipinski definition) is 4. The van der Waals surface area contributed by atoms with Gasteiger partial charge in [0, 0.05) is 18.8 Å². The van der Waals surface area contributed by atoms with Gasteiger partial charge in [0.15, 0.2) is 0 Å². The van der Waals surface area contributed by atoms with E-state index in [4.69, 9.17) is 10.5 Å². The minimum atomic E-state index is -0.616. The predicted molar refractivity (Wildman–Crippen MR) is 85.1 cm³/mol. The number of imidazole rings is 1. The summed E-state index contributed by atoms with van der Waals surface area (Å²) in [5, 5.41) is 9.89. The zero-order chi connectivity index (χ0) is 15.4. The number of aromatic nitrogens is 2. The molecule has 0 aliphatic carbocycles. The Morgan fingerprint density at radius 1 is 1.29 bits per heavy atom. The first kappa shape index (κ1) is 15.8. The maximum atomic E-state index is 9.89. The average molecular weight is 291 g/mol. The molecule has 0 aliphatic rings. The highest BCUT2D eigenvalue weighted by molar-refractivity contribution is 5.79. The van der Waals surface area contributed by atoms with E-state index in [9.17, 15) is 5.11 Å². The first-order valence-corrected chi connectivity index (χ1v) is 7.50. The molecule has 0 saturated carbocycles. The molecule has 0 saturated heterocycles. The Labute approximate surface area is 125 Å². The monoisotopic (exact) mass is 291 g/mol. The van der Waals surface area contributed by atoms with E-state index >= 15 is 0 Å². The van der Waals surface area contributed by atoms with Gasteiger partial charge in [-0.25, -0.2) is 4.98 Å². The van der Waals surface area contributed by atoms with Crippen molar-refractivity contribution in [1.82, 2.24) is 9.55 Å². The molecule has 21 heavy (non-hydrogen) atoms. The zero-order valence-electron chi connectivity index (χ0n) is 13.0. The van der Waals surface area contributed by atoms with E-state index in [0.717, 1.165) is 24.1 Å². The highest BCUT2D eigenvalue weighted by atomic mass is 16.5. The van der Waals surface area contributed by atoms with Crippen molar-refractivity contribution in [3.05, 3.63) is 24.0 Å². The number of hydrogen-bond donors (Lipinski definition) is 2. The molecule has 1 heterocycles.